The first-order valence-electron chi connectivity index (χ1n) is 6.84. The molecule has 0 aromatic heterocycles. The summed E-state index contributed by atoms with van der Waals surface area (Å²) in [6.07, 6.45) is 3.02. The maximum atomic E-state index is 13.0. The highest BCUT2D eigenvalue weighted by atomic mass is 19.1. The van der Waals surface area contributed by atoms with Gasteiger partial charge in [0.25, 0.3) is 0 Å². The van der Waals surface area contributed by atoms with Crippen molar-refractivity contribution in [2.45, 2.75) is 0 Å². The number of rotatable bonds is 5. The van der Waals surface area contributed by atoms with Crippen LogP contribution in [-0.2, 0) is 0 Å². The summed E-state index contributed by atoms with van der Waals surface area (Å²) in [5.41, 5.74) is 1.12. The lowest BCUT2D eigenvalue weighted by molar-refractivity contribution is 0.255. The van der Waals surface area contributed by atoms with Gasteiger partial charge in [0, 0.05) is 12.3 Å². The summed E-state index contributed by atoms with van der Waals surface area (Å²) in [6.45, 7) is 0. The third-order valence-electron chi connectivity index (χ3n) is 2.99. The third-order valence-corrected chi connectivity index (χ3v) is 2.99. The largest absolute Gasteiger partial charge is 0.497 e. The number of methoxy groups -OCH3 is 2. The van der Waals surface area contributed by atoms with Gasteiger partial charge >= 0.3 is 6.03 Å². The quantitative estimate of drug-likeness (QED) is 0.885. The average Bonchev–Trinajstić information content (AvgIpc) is 2.55. The van der Waals surface area contributed by atoms with Crippen LogP contribution in [0.5, 0.6) is 11.5 Å². The number of halogens is 1. The number of carbonyl (C=O) groups is 1. The van der Waals surface area contributed by atoms with Crippen molar-refractivity contribution in [1.82, 2.24) is 5.32 Å². The highest BCUT2D eigenvalue weighted by molar-refractivity contribution is 5.92. The second kappa shape index (κ2) is 7.84. The van der Waals surface area contributed by atoms with Crippen molar-refractivity contribution in [2.75, 3.05) is 19.5 Å². The Hall–Kier alpha value is -3.02. The van der Waals surface area contributed by atoms with Crippen molar-refractivity contribution in [3.8, 4) is 11.5 Å². The molecule has 0 atom stereocenters. The van der Waals surface area contributed by atoms with E-state index in [4.69, 9.17) is 9.47 Å². The molecule has 5 nitrogen and oxygen atoms in total. The highest BCUT2D eigenvalue weighted by Crippen LogP contribution is 2.28. The fourth-order valence-corrected chi connectivity index (χ4v) is 1.89. The van der Waals surface area contributed by atoms with Crippen LogP contribution in [-0.4, -0.2) is 20.3 Å². The number of benzene rings is 2. The molecule has 0 spiro atoms. The Morgan fingerprint density at radius 1 is 1.13 bits per heavy atom. The summed E-state index contributed by atoms with van der Waals surface area (Å²) in [4.78, 5) is 11.9. The molecule has 0 bridgehead atoms. The SMILES string of the molecule is COc1ccc(OC)c(NC(=O)N/C=C/c2cccc(F)c2)c1. The van der Waals surface area contributed by atoms with E-state index in [-0.39, 0.29) is 5.82 Å². The van der Waals surface area contributed by atoms with Crippen LogP contribution >= 0.6 is 0 Å². The Morgan fingerprint density at radius 3 is 2.65 bits per heavy atom. The van der Waals surface area contributed by atoms with Crippen molar-refractivity contribution < 1.29 is 18.7 Å². The molecule has 0 aliphatic heterocycles. The van der Waals surface area contributed by atoms with Crippen LogP contribution in [0.4, 0.5) is 14.9 Å². The summed E-state index contributed by atoms with van der Waals surface area (Å²) in [5, 5.41) is 5.19. The van der Waals surface area contributed by atoms with Gasteiger partial charge in [0.1, 0.15) is 17.3 Å². The smallest absolute Gasteiger partial charge is 0.323 e. The van der Waals surface area contributed by atoms with Crippen LogP contribution in [0.15, 0.2) is 48.7 Å². The lowest BCUT2D eigenvalue weighted by atomic mass is 10.2. The van der Waals surface area contributed by atoms with Gasteiger partial charge in [-0.15, -0.1) is 0 Å². The predicted molar refractivity (Wildman–Crippen MR) is 87.1 cm³/mol. The number of amides is 2. The molecule has 2 aromatic rings. The number of anilines is 1. The van der Waals surface area contributed by atoms with Gasteiger partial charge in [-0.3, -0.25) is 0 Å². The lowest BCUT2D eigenvalue weighted by Crippen LogP contribution is -2.24. The fourth-order valence-electron chi connectivity index (χ4n) is 1.89. The molecule has 120 valence electrons. The van der Waals surface area contributed by atoms with Gasteiger partial charge in [-0.2, -0.15) is 0 Å². The van der Waals surface area contributed by atoms with Gasteiger partial charge in [0.15, 0.2) is 0 Å². The summed E-state index contributed by atoms with van der Waals surface area (Å²) < 4.78 is 23.3. The van der Waals surface area contributed by atoms with Crippen LogP contribution in [0.2, 0.25) is 0 Å². The summed E-state index contributed by atoms with van der Waals surface area (Å²) >= 11 is 0. The van der Waals surface area contributed by atoms with Crippen LogP contribution in [0.1, 0.15) is 5.56 Å². The minimum absolute atomic E-state index is 0.335. The normalized spacial score (nSPS) is 10.4. The zero-order valence-electron chi connectivity index (χ0n) is 12.8. The minimum Gasteiger partial charge on any atom is -0.497 e. The van der Waals surface area contributed by atoms with Crippen molar-refractivity contribution in [3.05, 3.63) is 60.0 Å². The molecule has 2 amide bonds. The molecule has 0 fully saturated rings. The topological polar surface area (TPSA) is 59.6 Å². The molecular formula is C17H17FN2O3. The number of hydrogen-bond acceptors (Lipinski definition) is 3. The third kappa shape index (κ3) is 4.74. The molecule has 0 aliphatic carbocycles. The van der Waals surface area contributed by atoms with Crippen LogP contribution < -0.4 is 20.1 Å². The zero-order chi connectivity index (χ0) is 16.7. The minimum atomic E-state index is -0.454. The van der Waals surface area contributed by atoms with E-state index in [9.17, 15) is 9.18 Å². The first-order valence-corrected chi connectivity index (χ1v) is 6.84. The zero-order valence-corrected chi connectivity index (χ0v) is 12.8. The Balaban J connectivity index is 1.99. The molecule has 2 N–H and O–H groups in total. The van der Waals surface area contributed by atoms with E-state index in [1.54, 1.807) is 36.4 Å². The molecule has 0 saturated carbocycles. The van der Waals surface area contributed by atoms with Gasteiger partial charge < -0.3 is 20.1 Å². The van der Waals surface area contributed by atoms with Gasteiger partial charge in [0.05, 0.1) is 19.9 Å². The molecule has 6 heteroatoms. The standard InChI is InChI=1S/C17H17FN2O3/c1-22-14-6-7-16(23-2)15(11-14)20-17(21)19-9-8-12-4-3-5-13(18)10-12/h3-11H,1-2H3,(H2,19,20,21)/b9-8+. The predicted octanol–water partition coefficient (Wildman–Crippen LogP) is 3.64. The van der Waals surface area contributed by atoms with E-state index in [1.165, 1.54) is 32.6 Å². The number of nitrogens with one attached hydrogen (secondary N) is 2. The molecule has 0 aliphatic rings. The van der Waals surface area contributed by atoms with Crippen molar-refractivity contribution in [1.29, 1.82) is 0 Å². The van der Waals surface area contributed by atoms with Gasteiger partial charge in [0.2, 0.25) is 0 Å². The number of ether oxygens (including phenoxy) is 2. The van der Waals surface area contributed by atoms with Crippen molar-refractivity contribution in [3.63, 3.8) is 0 Å². The Bertz CT molecular complexity index is 717. The van der Waals surface area contributed by atoms with E-state index in [1.807, 2.05) is 0 Å². The number of hydrogen-bond donors (Lipinski definition) is 2. The van der Waals surface area contributed by atoms with E-state index < -0.39 is 6.03 Å². The molecule has 0 saturated heterocycles. The molecule has 0 unspecified atom stereocenters. The molecule has 23 heavy (non-hydrogen) atoms. The van der Waals surface area contributed by atoms with Crippen molar-refractivity contribution in [2.24, 2.45) is 0 Å². The second-order valence-corrected chi connectivity index (χ2v) is 4.55. The fraction of sp³-hybridized carbons (Fsp3) is 0.118. The van der Waals surface area contributed by atoms with Gasteiger partial charge in [-0.1, -0.05) is 12.1 Å². The maximum Gasteiger partial charge on any atom is 0.323 e. The molecular weight excluding hydrogens is 299 g/mol. The lowest BCUT2D eigenvalue weighted by Gasteiger charge is -2.11. The summed E-state index contributed by atoms with van der Waals surface area (Å²) in [7, 11) is 3.04. The summed E-state index contributed by atoms with van der Waals surface area (Å²) in [6, 6.07) is 10.6. The molecule has 0 radical (unpaired) electrons. The molecule has 0 heterocycles. The first-order chi connectivity index (χ1) is 11.1. The monoisotopic (exact) mass is 316 g/mol. The molecule has 2 aromatic carbocycles. The van der Waals surface area contributed by atoms with E-state index in [0.29, 0.717) is 22.7 Å². The van der Waals surface area contributed by atoms with Crippen LogP contribution in [0, 0.1) is 5.82 Å². The van der Waals surface area contributed by atoms with Crippen LogP contribution in [0.3, 0.4) is 0 Å². The van der Waals surface area contributed by atoms with E-state index >= 15 is 0 Å². The molecule has 2 rings (SSSR count). The van der Waals surface area contributed by atoms with Crippen LogP contribution in [0.25, 0.3) is 6.08 Å². The van der Waals surface area contributed by atoms with Crippen molar-refractivity contribution >= 4 is 17.8 Å². The van der Waals surface area contributed by atoms with E-state index in [2.05, 4.69) is 10.6 Å². The number of carbonyl (C=O) groups excluding carboxylic acids is 1. The highest BCUT2D eigenvalue weighted by Gasteiger charge is 2.07. The van der Waals surface area contributed by atoms with Gasteiger partial charge in [-0.05, 0) is 35.9 Å². The van der Waals surface area contributed by atoms with E-state index in [0.717, 1.165) is 0 Å². The number of urea groups is 1. The summed E-state index contributed by atoms with van der Waals surface area (Å²) in [5.74, 6) is 0.768. The Kier molecular flexibility index (Phi) is 5.57. The second-order valence-electron chi connectivity index (χ2n) is 4.55. The maximum absolute atomic E-state index is 13.0. The first kappa shape index (κ1) is 16.4. The Labute approximate surface area is 133 Å². The average molecular weight is 316 g/mol. The Morgan fingerprint density at radius 2 is 1.96 bits per heavy atom. The van der Waals surface area contributed by atoms with Gasteiger partial charge in [-0.25, -0.2) is 9.18 Å².